The van der Waals surface area contributed by atoms with Crippen LogP contribution in [0.5, 0.6) is 0 Å². The largest absolute Gasteiger partial charge is 0.357 e. The Bertz CT molecular complexity index is 527. The highest BCUT2D eigenvalue weighted by Gasteiger charge is 2.37. The maximum absolute atomic E-state index is 4.67. The molecule has 0 spiro atoms. The Labute approximate surface area is 140 Å². The fraction of sp³-hybridized carbons (Fsp3) is 0.824. The number of nitrogens with zero attached hydrogens (tertiary/aromatic N) is 4. The fourth-order valence-corrected chi connectivity index (χ4v) is 3.35. The zero-order valence-corrected chi connectivity index (χ0v) is 15.3. The normalized spacial score (nSPS) is 17.2. The maximum Gasteiger partial charge on any atom is 0.191 e. The lowest BCUT2D eigenvalue weighted by Crippen LogP contribution is -2.47. The minimum absolute atomic E-state index is 0.464. The van der Waals surface area contributed by atoms with Crippen molar-refractivity contribution in [1.29, 1.82) is 0 Å². The van der Waals surface area contributed by atoms with Crippen molar-refractivity contribution in [3.63, 3.8) is 0 Å². The summed E-state index contributed by atoms with van der Waals surface area (Å²) in [5.41, 5.74) is 0.464. The Morgan fingerprint density at radius 3 is 2.52 bits per heavy atom. The van der Waals surface area contributed by atoms with Crippen LogP contribution in [0.1, 0.15) is 58.1 Å². The van der Waals surface area contributed by atoms with E-state index in [1.807, 2.05) is 18.5 Å². The van der Waals surface area contributed by atoms with E-state index in [2.05, 4.69) is 46.6 Å². The first-order valence-corrected chi connectivity index (χ1v) is 8.83. The van der Waals surface area contributed by atoms with E-state index in [9.17, 15) is 0 Å². The molecule has 0 atom stereocenters. The van der Waals surface area contributed by atoms with Gasteiger partial charge in [-0.05, 0) is 44.4 Å². The molecule has 6 heteroatoms. The van der Waals surface area contributed by atoms with Crippen molar-refractivity contribution < 1.29 is 0 Å². The topological polar surface area (TPSA) is 67.1 Å². The van der Waals surface area contributed by atoms with E-state index in [0.29, 0.717) is 12.0 Å². The molecule has 0 bridgehead atoms. The summed E-state index contributed by atoms with van der Waals surface area (Å²) >= 11 is 0. The quantitative estimate of drug-likeness (QED) is 0.598. The lowest BCUT2D eigenvalue weighted by Gasteiger charge is -2.43. The van der Waals surface area contributed by atoms with Crippen molar-refractivity contribution in [3.8, 4) is 0 Å². The van der Waals surface area contributed by atoms with Crippen molar-refractivity contribution in [3.05, 3.63) is 11.6 Å². The zero-order chi connectivity index (χ0) is 16.9. The minimum atomic E-state index is 0.464. The highest BCUT2D eigenvalue weighted by Crippen LogP contribution is 2.45. The molecular formula is C17H32N6. The summed E-state index contributed by atoms with van der Waals surface area (Å²) in [6.07, 6.45) is 5.32. The summed E-state index contributed by atoms with van der Waals surface area (Å²) in [7, 11) is 1.98. The SMILES string of the molecule is CCNC(=NCc1nnc(C)n1C)NCC1(CC(C)C)CCC1. The molecular weight excluding hydrogens is 288 g/mol. The van der Waals surface area contributed by atoms with Crippen molar-refractivity contribution >= 4 is 5.96 Å². The van der Waals surface area contributed by atoms with Crippen LogP contribution in [0.25, 0.3) is 0 Å². The van der Waals surface area contributed by atoms with Gasteiger partial charge in [-0.2, -0.15) is 0 Å². The summed E-state index contributed by atoms with van der Waals surface area (Å²) in [6.45, 7) is 11.1. The summed E-state index contributed by atoms with van der Waals surface area (Å²) < 4.78 is 1.99. The molecule has 6 nitrogen and oxygen atoms in total. The Kier molecular flexibility index (Phi) is 6.02. The molecule has 1 aliphatic carbocycles. The summed E-state index contributed by atoms with van der Waals surface area (Å²) in [5, 5.41) is 15.1. The van der Waals surface area contributed by atoms with Gasteiger partial charge in [-0.1, -0.05) is 20.3 Å². The minimum Gasteiger partial charge on any atom is -0.357 e. The van der Waals surface area contributed by atoms with Gasteiger partial charge in [0, 0.05) is 20.1 Å². The van der Waals surface area contributed by atoms with Crippen molar-refractivity contribution in [2.75, 3.05) is 13.1 Å². The Balaban J connectivity index is 1.95. The van der Waals surface area contributed by atoms with Gasteiger partial charge in [0.25, 0.3) is 0 Å². The monoisotopic (exact) mass is 320 g/mol. The number of hydrogen-bond donors (Lipinski definition) is 2. The van der Waals surface area contributed by atoms with Crippen LogP contribution >= 0.6 is 0 Å². The van der Waals surface area contributed by atoms with Crippen LogP contribution in [-0.2, 0) is 13.6 Å². The molecule has 1 aromatic rings. The smallest absolute Gasteiger partial charge is 0.191 e. The molecule has 1 heterocycles. The molecule has 2 N–H and O–H groups in total. The highest BCUT2D eigenvalue weighted by atomic mass is 15.3. The average molecular weight is 320 g/mol. The second-order valence-electron chi connectivity index (χ2n) is 7.22. The van der Waals surface area contributed by atoms with Crippen LogP contribution < -0.4 is 10.6 Å². The van der Waals surface area contributed by atoms with E-state index in [0.717, 1.165) is 36.6 Å². The number of rotatable bonds is 7. The highest BCUT2D eigenvalue weighted by molar-refractivity contribution is 5.79. The Hall–Kier alpha value is -1.59. The molecule has 0 aromatic carbocycles. The van der Waals surface area contributed by atoms with Gasteiger partial charge in [0.05, 0.1) is 0 Å². The van der Waals surface area contributed by atoms with E-state index in [1.165, 1.54) is 25.7 Å². The molecule has 0 unspecified atom stereocenters. The number of nitrogens with one attached hydrogen (secondary N) is 2. The van der Waals surface area contributed by atoms with Gasteiger partial charge >= 0.3 is 0 Å². The Morgan fingerprint density at radius 2 is 2.04 bits per heavy atom. The van der Waals surface area contributed by atoms with E-state index in [1.54, 1.807) is 0 Å². The van der Waals surface area contributed by atoms with Gasteiger partial charge in [0.2, 0.25) is 0 Å². The van der Waals surface area contributed by atoms with Gasteiger partial charge in [0.15, 0.2) is 11.8 Å². The first-order valence-electron chi connectivity index (χ1n) is 8.83. The Morgan fingerprint density at radius 1 is 1.30 bits per heavy atom. The van der Waals surface area contributed by atoms with E-state index in [4.69, 9.17) is 0 Å². The van der Waals surface area contributed by atoms with Gasteiger partial charge < -0.3 is 15.2 Å². The molecule has 1 fully saturated rings. The number of aliphatic imine (C=N–C) groups is 1. The summed E-state index contributed by atoms with van der Waals surface area (Å²) in [4.78, 5) is 4.67. The molecule has 0 aliphatic heterocycles. The lowest BCUT2D eigenvalue weighted by atomic mass is 9.64. The van der Waals surface area contributed by atoms with Crippen LogP contribution in [0.2, 0.25) is 0 Å². The standard InChI is InChI=1S/C17H32N6/c1-6-18-16(19-11-15-22-21-14(4)23(15)5)20-12-17(8-7-9-17)10-13(2)3/h13H,6-12H2,1-5H3,(H2,18,19,20). The van der Waals surface area contributed by atoms with Crippen molar-refractivity contribution in [2.45, 2.75) is 59.9 Å². The number of aryl methyl sites for hydroxylation is 1. The zero-order valence-electron chi connectivity index (χ0n) is 15.3. The van der Waals surface area contributed by atoms with Crippen LogP contribution in [-0.4, -0.2) is 33.8 Å². The molecule has 2 rings (SSSR count). The first kappa shape index (κ1) is 17.8. The third-order valence-electron chi connectivity index (χ3n) is 4.79. The number of guanidine groups is 1. The predicted molar refractivity (Wildman–Crippen MR) is 94.3 cm³/mol. The van der Waals surface area contributed by atoms with E-state index >= 15 is 0 Å². The van der Waals surface area contributed by atoms with Crippen LogP contribution in [0, 0.1) is 18.3 Å². The van der Waals surface area contributed by atoms with Gasteiger partial charge in [-0.25, -0.2) is 4.99 Å². The molecule has 0 radical (unpaired) electrons. The van der Waals surface area contributed by atoms with Crippen LogP contribution in [0.15, 0.2) is 4.99 Å². The van der Waals surface area contributed by atoms with Crippen LogP contribution in [0.3, 0.4) is 0 Å². The predicted octanol–water partition coefficient (Wildman–Crippen LogP) is 2.40. The average Bonchev–Trinajstić information content (AvgIpc) is 2.78. The van der Waals surface area contributed by atoms with Crippen LogP contribution in [0.4, 0.5) is 0 Å². The van der Waals surface area contributed by atoms with Gasteiger partial charge in [-0.3, -0.25) is 0 Å². The molecule has 0 amide bonds. The molecule has 130 valence electrons. The molecule has 1 aliphatic rings. The van der Waals surface area contributed by atoms with Crippen molar-refractivity contribution in [1.82, 2.24) is 25.4 Å². The van der Waals surface area contributed by atoms with Gasteiger partial charge in [0.1, 0.15) is 12.4 Å². The number of aromatic nitrogens is 3. The van der Waals surface area contributed by atoms with E-state index in [-0.39, 0.29) is 0 Å². The summed E-state index contributed by atoms with van der Waals surface area (Å²) in [6, 6.07) is 0. The van der Waals surface area contributed by atoms with Crippen molar-refractivity contribution in [2.24, 2.45) is 23.4 Å². The van der Waals surface area contributed by atoms with E-state index < -0.39 is 0 Å². The van der Waals surface area contributed by atoms with Gasteiger partial charge in [-0.15, -0.1) is 10.2 Å². The summed E-state index contributed by atoms with van der Waals surface area (Å²) in [5.74, 6) is 3.43. The first-order chi connectivity index (χ1) is 11.0. The fourth-order valence-electron chi connectivity index (χ4n) is 3.35. The number of hydrogen-bond acceptors (Lipinski definition) is 3. The second kappa shape index (κ2) is 7.79. The third kappa shape index (κ3) is 4.69. The molecule has 1 saturated carbocycles. The lowest BCUT2D eigenvalue weighted by molar-refractivity contribution is 0.104. The third-order valence-corrected chi connectivity index (χ3v) is 4.79. The second-order valence-corrected chi connectivity index (χ2v) is 7.22. The molecule has 1 aromatic heterocycles. The maximum atomic E-state index is 4.67. The molecule has 0 saturated heterocycles. The molecule has 23 heavy (non-hydrogen) atoms.